The molecule has 3 heterocycles. The normalized spacial score (nSPS) is 30.4. The van der Waals surface area contributed by atoms with Gasteiger partial charge in [-0.25, -0.2) is 0 Å². The van der Waals surface area contributed by atoms with Gasteiger partial charge in [0.2, 0.25) is 0 Å². The van der Waals surface area contributed by atoms with Crippen LogP contribution in [0.4, 0.5) is 0 Å². The van der Waals surface area contributed by atoms with Crippen LogP contribution >= 0.6 is 11.3 Å². The molecule has 0 unspecified atom stereocenters. The first-order chi connectivity index (χ1) is 18.9. The second kappa shape index (κ2) is 6.90. The van der Waals surface area contributed by atoms with Crippen molar-refractivity contribution in [2.75, 3.05) is 13.1 Å². The van der Waals surface area contributed by atoms with Gasteiger partial charge in [-0.1, -0.05) is 48.5 Å². The van der Waals surface area contributed by atoms with Gasteiger partial charge < -0.3 is 9.80 Å². The van der Waals surface area contributed by atoms with Gasteiger partial charge in [0.1, 0.15) is 0 Å². The summed E-state index contributed by atoms with van der Waals surface area (Å²) in [4.78, 5) is 57.7. The predicted molar refractivity (Wildman–Crippen MR) is 144 cm³/mol. The summed E-state index contributed by atoms with van der Waals surface area (Å²) in [6.07, 6.45) is 5.20. The summed E-state index contributed by atoms with van der Waals surface area (Å²) in [6, 6.07) is 18.9. The fourth-order valence-electron chi connectivity index (χ4n) is 7.99. The molecule has 0 N–H and O–H groups in total. The summed E-state index contributed by atoms with van der Waals surface area (Å²) in [7, 11) is 0. The van der Waals surface area contributed by atoms with Crippen LogP contribution in [0, 0.1) is 11.8 Å². The molecule has 2 amide bonds. The summed E-state index contributed by atoms with van der Waals surface area (Å²) in [6.45, 7) is 1.16. The lowest BCUT2D eigenvalue weighted by atomic mass is 9.81. The maximum atomic E-state index is 13.7. The van der Waals surface area contributed by atoms with Crippen LogP contribution in [0.3, 0.4) is 0 Å². The van der Waals surface area contributed by atoms with Gasteiger partial charge in [-0.05, 0) is 47.9 Å². The van der Waals surface area contributed by atoms with Gasteiger partial charge in [-0.3, -0.25) is 19.2 Å². The van der Waals surface area contributed by atoms with Gasteiger partial charge in [0.15, 0.2) is 11.6 Å². The Bertz CT molecular complexity index is 1670. The molecule has 6 nitrogen and oxygen atoms in total. The van der Waals surface area contributed by atoms with Gasteiger partial charge >= 0.3 is 0 Å². The third kappa shape index (κ3) is 2.52. The Hall–Kier alpha value is -4.10. The molecular weight excluding hydrogens is 508 g/mol. The summed E-state index contributed by atoms with van der Waals surface area (Å²) in [5.41, 5.74) is 4.67. The van der Waals surface area contributed by atoms with Crippen molar-refractivity contribution in [1.29, 1.82) is 0 Å². The Morgan fingerprint density at radius 1 is 0.667 bits per heavy atom. The molecular formula is C32H22N2O4S. The molecule has 2 spiro atoms. The minimum atomic E-state index is -0.239. The van der Waals surface area contributed by atoms with Crippen LogP contribution in [0.25, 0.3) is 0 Å². The van der Waals surface area contributed by atoms with Crippen LogP contribution in [0.1, 0.15) is 64.0 Å². The number of hydrogen-bond acceptors (Lipinski definition) is 5. The summed E-state index contributed by atoms with van der Waals surface area (Å²) in [5.74, 6) is 0.189. The molecule has 1 aromatic heterocycles. The van der Waals surface area contributed by atoms with Crippen LogP contribution in [0.15, 0.2) is 84.2 Å². The molecule has 7 heteroatoms. The van der Waals surface area contributed by atoms with Crippen molar-refractivity contribution in [3.63, 3.8) is 0 Å². The standard InChI is InChI=1S/C32H22N2O4S/c35-23-11-27-31(21-7-3-1-5-19(21)23)13-17(31)15-33(27)29(37)25-9-10-26(39-25)30(38)34-16-18-14-32(18)22-8-4-2-6-20(22)24(36)12-28(32)34/h1-12,17-18H,13-16H2/t17-,18-,31-,32-/m1/s1. The highest BCUT2D eigenvalue weighted by atomic mass is 32.1. The molecule has 2 aliphatic heterocycles. The van der Waals surface area contributed by atoms with Crippen molar-refractivity contribution >= 4 is 34.7 Å². The number of ketones is 2. The average Bonchev–Trinajstić information content (AvgIpc) is 3.67. The molecule has 190 valence electrons. The first kappa shape index (κ1) is 21.8. The van der Waals surface area contributed by atoms with E-state index in [0.29, 0.717) is 34.7 Å². The Balaban J connectivity index is 1.01. The van der Waals surface area contributed by atoms with Gasteiger partial charge in [0, 0.05) is 58.6 Å². The first-order valence-corrected chi connectivity index (χ1v) is 14.2. The lowest BCUT2D eigenvalue weighted by molar-refractivity contribution is 0.0808. The third-order valence-electron chi connectivity index (χ3n) is 9.91. The first-order valence-electron chi connectivity index (χ1n) is 13.4. The van der Waals surface area contributed by atoms with Crippen LogP contribution in [-0.2, 0) is 10.8 Å². The number of carbonyl (C=O) groups is 4. The number of carbonyl (C=O) groups excluding carboxylic acids is 4. The molecule has 9 rings (SSSR count). The highest BCUT2D eigenvalue weighted by Gasteiger charge is 2.68. The molecule has 0 bridgehead atoms. The monoisotopic (exact) mass is 530 g/mol. The number of allylic oxidation sites excluding steroid dienone is 4. The summed E-state index contributed by atoms with van der Waals surface area (Å²) >= 11 is 1.20. The zero-order valence-corrected chi connectivity index (χ0v) is 21.7. The number of benzene rings is 2. The SMILES string of the molecule is O=C1C=C2N(C(=O)c3ccc(C(=O)N4C[C@H]5C[C@@]56C4=CC(=O)c4ccccc46)s3)C[C@H]3C[C@@]23c2ccccc21. The molecule has 4 aliphatic carbocycles. The fourth-order valence-corrected chi connectivity index (χ4v) is 8.90. The fraction of sp³-hybridized carbons (Fsp3) is 0.250. The van der Waals surface area contributed by atoms with E-state index >= 15 is 0 Å². The number of nitrogens with zero attached hydrogens (tertiary/aromatic N) is 2. The van der Waals surface area contributed by atoms with Crippen molar-refractivity contribution in [2.45, 2.75) is 23.7 Å². The van der Waals surface area contributed by atoms with Crippen molar-refractivity contribution in [2.24, 2.45) is 11.8 Å². The number of fused-ring (bicyclic) bond motifs is 2. The number of piperidine rings is 2. The highest BCUT2D eigenvalue weighted by molar-refractivity contribution is 7.16. The van der Waals surface area contributed by atoms with E-state index in [-0.39, 0.29) is 34.2 Å². The minimum absolute atomic E-state index is 0.0583. The molecule has 4 atom stereocenters. The Morgan fingerprint density at radius 2 is 1.10 bits per heavy atom. The number of rotatable bonds is 2. The number of hydrogen-bond donors (Lipinski definition) is 0. The van der Waals surface area contributed by atoms with E-state index in [2.05, 4.69) is 0 Å². The van der Waals surface area contributed by atoms with E-state index in [1.807, 2.05) is 48.5 Å². The quantitative estimate of drug-likeness (QED) is 0.480. The Kier molecular flexibility index (Phi) is 3.86. The van der Waals surface area contributed by atoms with Gasteiger partial charge in [-0.2, -0.15) is 0 Å². The minimum Gasteiger partial charge on any atom is -0.310 e. The van der Waals surface area contributed by atoms with Crippen molar-refractivity contribution in [3.05, 3.63) is 116 Å². The molecule has 0 radical (unpaired) electrons. The lowest BCUT2D eigenvalue weighted by Gasteiger charge is -2.29. The van der Waals surface area contributed by atoms with E-state index in [9.17, 15) is 19.2 Å². The van der Waals surface area contributed by atoms with E-state index in [1.54, 1.807) is 34.1 Å². The zero-order valence-electron chi connectivity index (χ0n) is 20.8. The predicted octanol–water partition coefficient (Wildman–Crippen LogP) is 4.74. The maximum Gasteiger partial charge on any atom is 0.268 e. The van der Waals surface area contributed by atoms with Gasteiger partial charge in [0.25, 0.3) is 11.8 Å². The average molecular weight is 531 g/mol. The number of likely N-dealkylation sites (tertiary alicyclic amines) is 2. The van der Waals surface area contributed by atoms with Crippen LogP contribution in [-0.4, -0.2) is 46.3 Å². The van der Waals surface area contributed by atoms with Crippen LogP contribution in [0.5, 0.6) is 0 Å². The molecule has 2 saturated carbocycles. The van der Waals surface area contributed by atoms with E-state index in [1.165, 1.54) is 11.3 Å². The highest BCUT2D eigenvalue weighted by Crippen LogP contribution is 2.68. The lowest BCUT2D eigenvalue weighted by Crippen LogP contribution is -2.33. The van der Waals surface area contributed by atoms with Crippen LogP contribution in [0.2, 0.25) is 0 Å². The maximum absolute atomic E-state index is 13.7. The molecule has 4 fully saturated rings. The molecule has 6 aliphatic rings. The second-order valence-electron chi connectivity index (χ2n) is 11.6. The topological polar surface area (TPSA) is 74.8 Å². The molecule has 2 saturated heterocycles. The summed E-state index contributed by atoms with van der Waals surface area (Å²) in [5, 5.41) is 0. The van der Waals surface area contributed by atoms with Crippen molar-refractivity contribution in [3.8, 4) is 0 Å². The number of thiophene rings is 1. The van der Waals surface area contributed by atoms with Crippen LogP contribution < -0.4 is 0 Å². The van der Waals surface area contributed by atoms with E-state index in [0.717, 1.165) is 46.5 Å². The van der Waals surface area contributed by atoms with Crippen molar-refractivity contribution < 1.29 is 19.2 Å². The van der Waals surface area contributed by atoms with E-state index in [4.69, 9.17) is 0 Å². The smallest absolute Gasteiger partial charge is 0.268 e. The third-order valence-corrected chi connectivity index (χ3v) is 11.0. The number of amides is 2. The molecule has 2 aromatic carbocycles. The van der Waals surface area contributed by atoms with Gasteiger partial charge in [0.05, 0.1) is 9.75 Å². The Labute approximate surface area is 228 Å². The zero-order chi connectivity index (χ0) is 26.3. The molecule has 3 aromatic rings. The largest absolute Gasteiger partial charge is 0.310 e. The van der Waals surface area contributed by atoms with E-state index < -0.39 is 0 Å². The second-order valence-corrected chi connectivity index (χ2v) is 12.7. The molecule has 39 heavy (non-hydrogen) atoms. The Morgan fingerprint density at radius 3 is 1.56 bits per heavy atom. The summed E-state index contributed by atoms with van der Waals surface area (Å²) < 4.78 is 0. The van der Waals surface area contributed by atoms with Gasteiger partial charge in [-0.15, -0.1) is 11.3 Å². The van der Waals surface area contributed by atoms with Crippen molar-refractivity contribution in [1.82, 2.24) is 9.80 Å².